The molecule has 0 atom stereocenters. The van der Waals surface area contributed by atoms with Crippen molar-refractivity contribution in [3.63, 3.8) is 0 Å². The number of nitrogens with two attached hydrogens (primary N) is 1. The van der Waals surface area contributed by atoms with Crippen molar-refractivity contribution in [1.29, 1.82) is 0 Å². The summed E-state index contributed by atoms with van der Waals surface area (Å²) in [5, 5.41) is 0. The van der Waals surface area contributed by atoms with E-state index in [9.17, 15) is 0 Å². The molecule has 0 radical (unpaired) electrons. The summed E-state index contributed by atoms with van der Waals surface area (Å²) in [6.07, 6.45) is 6.12. The van der Waals surface area contributed by atoms with E-state index in [2.05, 4.69) is 23.9 Å². The summed E-state index contributed by atoms with van der Waals surface area (Å²) >= 11 is 0. The number of anilines is 2. The second-order valence-electron chi connectivity index (χ2n) is 4.96. The fourth-order valence-corrected chi connectivity index (χ4v) is 2.43. The van der Waals surface area contributed by atoms with Crippen molar-refractivity contribution in [2.24, 2.45) is 0 Å². The molecule has 1 aliphatic carbocycles. The molecule has 0 amide bonds. The van der Waals surface area contributed by atoms with Crippen LogP contribution >= 0.6 is 0 Å². The fourth-order valence-electron chi connectivity index (χ4n) is 2.43. The summed E-state index contributed by atoms with van der Waals surface area (Å²) in [6, 6.07) is 4.48. The van der Waals surface area contributed by atoms with Gasteiger partial charge in [0.15, 0.2) is 0 Å². The Morgan fingerprint density at radius 2 is 2.11 bits per heavy atom. The van der Waals surface area contributed by atoms with Crippen molar-refractivity contribution < 1.29 is 4.74 Å². The van der Waals surface area contributed by atoms with Gasteiger partial charge in [0.05, 0.1) is 12.3 Å². The first-order chi connectivity index (χ1) is 8.72. The third kappa shape index (κ3) is 2.86. The van der Waals surface area contributed by atoms with Gasteiger partial charge in [0, 0.05) is 13.1 Å². The number of aromatic nitrogens is 1. The number of hydrogen-bond acceptors (Lipinski definition) is 4. The third-order valence-corrected chi connectivity index (χ3v) is 3.55. The lowest BCUT2D eigenvalue weighted by molar-refractivity contribution is 0.307. The average Bonchev–Trinajstić information content (AvgIpc) is 2.91. The summed E-state index contributed by atoms with van der Waals surface area (Å²) in [4.78, 5) is 6.79. The smallest absolute Gasteiger partial charge is 0.239 e. The van der Waals surface area contributed by atoms with E-state index in [1.807, 2.05) is 12.1 Å². The number of ether oxygens (including phenoxy) is 1. The van der Waals surface area contributed by atoms with Gasteiger partial charge < -0.3 is 15.4 Å². The molecule has 4 heteroatoms. The fraction of sp³-hybridized carbons (Fsp3) is 0.643. The molecular formula is C14H23N3O. The van der Waals surface area contributed by atoms with Gasteiger partial charge in [-0.1, -0.05) is 19.8 Å². The molecule has 0 spiro atoms. The Morgan fingerprint density at radius 1 is 1.39 bits per heavy atom. The normalized spacial score (nSPS) is 15.9. The van der Waals surface area contributed by atoms with Crippen LogP contribution in [0.25, 0.3) is 0 Å². The lowest BCUT2D eigenvalue weighted by atomic mass is 10.2. The van der Waals surface area contributed by atoms with Crippen LogP contribution in [0.15, 0.2) is 12.1 Å². The molecule has 18 heavy (non-hydrogen) atoms. The molecule has 1 aromatic rings. The van der Waals surface area contributed by atoms with Gasteiger partial charge in [-0.15, -0.1) is 0 Å². The average molecular weight is 249 g/mol. The molecule has 2 rings (SSSR count). The number of rotatable bonds is 5. The molecular weight excluding hydrogens is 226 g/mol. The van der Waals surface area contributed by atoms with Gasteiger partial charge in [0.2, 0.25) is 5.88 Å². The van der Waals surface area contributed by atoms with E-state index < -0.39 is 0 Å². The number of nitrogen functional groups attached to an aromatic ring is 1. The second-order valence-corrected chi connectivity index (χ2v) is 4.96. The molecule has 1 fully saturated rings. The Kier molecular flexibility index (Phi) is 4.28. The molecule has 0 aliphatic heterocycles. The van der Waals surface area contributed by atoms with Gasteiger partial charge in [-0.05, 0) is 31.4 Å². The number of pyridine rings is 1. The molecule has 0 saturated heterocycles. The molecule has 0 unspecified atom stereocenters. The molecule has 2 N–H and O–H groups in total. The molecule has 1 heterocycles. The number of hydrogen-bond donors (Lipinski definition) is 1. The Bertz CT molecular complexity index is 389. The predicted octanol–water partition coefficient (Wildman–Crippen LogP) is 2.83. The SMILES string of the molecule is CCCOc1nc(N(C)C2CCCC2)ccc1N. The minimum atomic E-state index is 0.569. The van der Waals surface area contributed by atoms with E-state index in [0.29, 0.717) is 24.2 Å². The highest BCUT2D eigenvalue weighted by molar-refractivity contribution is 5.54. The molecule has 1 saturated carbocycles. The monoisotopic (exact) mass is 249 g/mol. The maximum Gasteiger partial charge on any atom is 0.239 e. The standard InChI is InChI=1S/C14H23N3O/c1-3-10-18-14-12(15)8-9-13(16-14)17(2)11-6-4-5-7-11/h8-9,11H,3-7,10,15H2,1-2H3. The highest BCUT2D eigenvalue weighted by Crippen LogP contribution is 2.28. The largest absolute Gasteiger partial charge is 0.476 e. The minimum Gasteiger partial charge on any atom is -0.476 e. The summed E-state index contributed by atoms with van der Waals surface area (Å²) in [7, 11) is 2.11. The predicted molar refractivity (Wildman–Crippen MR) is 75.1 cm³/mol. The van der Waals surface area contributed by atoms with Crippen molar-refractivity contribution in [1.82, 2.24) is 4.98 Å². The number of nitrogens with zero attached hydrogens (tertiary/aromatic N) is 2. The summed E-state index contributed by atoms with van der Waals surface area (Å²) in [5.74, 6) is 1.53. The second kappa shape index (κ2) is 5.94. The van der Waals surface area contributed by atoms with E-state index in [1.165, 1.54) is 25.7 Å². The van der Waals surface area contributed by atoms with Crippen LogP contribution in [0.4, 0.5) is 11.5 Å². The Balaban J connectivity index is 2.12. The molecule has 1 aliphatic rings. The quantitative estimate of drug-likeness (QED) is 0.871. The van der Waals surface area contributed by atoms with Gasteiger partial charge in [0.25, 0.3) is 0 Å². The first-order valence-electron chi connectivity index (χ1n) is 6.84. The maximum absolute atomic E-state index is 5.88. The van der Waals surface area contributed by atoms with Crippen molar-refractivity contribution in [3.8, 4) is 5.88 Å². The van der Waals surface area contributed by atoms with Crippen molar-refractivity contribution in [2.45, 2.75) is 45.1 Å². The first kappa shape index (κ1) is 13.0. The topological polar surface area (TPSA) is 51.4 Å². The highest BCUT2D eigenvalue weighted by Gasteiger charge is 2.21. The van der Waals surface area contributed by atoms with Crippen molar-refractivity contribution in [3.05, 3.63) is 12.1 Å². The molecule has 0 aromatic carbocycles. The van der Waals surface area contributed by atoms with E-state index >= 15 is 0 Å². The highest BCUT2D eigenvalue weighted by atomic mass is 16.5. The zero-order chi connectivity index (χ0) is 13.0. The lowest BCUT2D eigenvalue weighted by Gasteiger charge is -2.25. The van der Waals surface area contributed by atoms with Crippen molar-refractivity contribution >= 4 is 11.5 Å². The lowest BCUT2D eigenvalue weighted by Crippen LogP contribution is -2.29. The maximum atomic E-state index is 5.88. The summed E-state index contributed by atoms with van der Waals surface area (Å²) in [5.41, 5.74) is 6.50. The van der Waals surface area contributed by atoms with Crippen LogP contribution in [0.3, 0.4) is 0 Å². The van der Waals surface area contributed by atoms with Gasteiger partial charge >= 0.3 is 0 Å². The van der Waals surface area contributed by atoms with Gasteiger partial charge in [-0.25, -0.2) is 0 Å². The van der Waals surface area contributed by atoms with Crippen LogP contribution in [-0.2, 0) is 0 Å². The van der Waals surface area contributed by atoms with Crippen LogP contribution < -0.4 is 15.4 Å². The molecule has 0 bridgehead atoms. The van der Waals surface area contributed by atoms with Crippen LogP contribution in [0.2, 0.25) is 0 Å². The van der Waals surface area contributed by atoms with E-state index in [4.69, 9.17) is 10.5 Å². The zero-order valence-electron chi connectivity index (χ0n) is 11.4. The van der Waals surface area contributed by atoms with Crippen LogP contribution in [0.1, 0.15) is 39.0 Å². The van der Waals surface area contributed by atoms with Crippen LogP contribution in [0.5, 0.6) is 5.88 Å². The summed E-state index contributed by atoms with van der Waals surface area (Å²) in [6.45, 7) is 2.73. The van der Waals surface area contributed by atoms with E-state index in [1.54, 1.807) is 0 Å². The zero-order valence-corrected chi connectivity index (χ0v) is 11.4. The Hall–Kier alpha value is -1.45. The van der Waals surface area contributed by atoms with Crippen molar-refractivity contribution in [2.75, 3.05) is 24.3 Å². The third-order valence-electron chi connectivity index (χ3n) is 3.55. The van der Waals surface area contributed by atoms with E-state index in [0.717, 1.165) is 12.2 Å². The molecule has 100 valence electrons. The van der Waals surface area contributed by atoms with Crippen LogP contribution in [0, 0.1) is 0 Å². The van der Waals surface area contributed by atoms with Gasteiger partial charge in [-0.2, -0.15) is 4.98 Å². The van der Waals surface area contributed by atoms with Gasteiger partial charge in [0.1, 0.15) is 5.82 Å². The molecule has 4 nitrogen and oxygen atoms in total. The summed E-state index contributed by atoms with van der Waals surface area (Å²) < 4.78 is 5.58. The Morgan fingerprint density at radius 3 is 2.78 bits per heavy atom. The molecule has 1 aromatic heterocycles. The van der Waals surface area contributed by atoms with Gasteiger partial charge in [-0.3, -0.25) is 0 Å². The Labute approximate surface area is 109 Å². The van der Waals surface area contributed by atoms with Crippen LogP contribution in [-0.4, -0.2) is 24.7 Å². The first-order valence-corrected chi connectivity index (χ1v) is 6.84. The van der Waals surface area contributed by atoms with E-state index in [-0.39, 0.29) is 0 Å². The minimum absolute atomic E-state index is 0.569.